The minimum absolute atomic E-state index is 0.0325. The fraction of sp³-hybridized carbons (Fsp3) is 0.250. The molecule has 0 spiro atoms. The van der Waals surface area contributed by atoms with Gasteiger partial charge in [0.15, 0.2) is 0 Å². The zero-order valence-corrected chi connectivity index (χ0v) is 12.6. The van der Waals surface area contributed by atoms with Crippen LogP contribution in [-0.4, -0.2) is 12.2 Å². The molecule has 0 amide bonds. The van der Waals surface area contributed by atoms with E-state index in [9.17, 15) is 9.90 Å². The maximum atomic E-state index is 10.8. The van der Waals surface area contributed by atoms with E-state index in [4.69, 9.17) is 16.0 Å². The van der Waals surface area contributed by atoms with E-state index in [1.165, 1.54) is 24.4 Å². The molecule has 1 N–H and O–H groups in total. The van der Waals surface area contributed by atoms with Crippen molar-refractivity contribution in [2.75, 3.05) is 5.43 Å². The summed E-state index contributed by atoms with van der Waals surface area (Å²) in [5.74, 6) is 1.54. The Labute approximate surface area is 132 Å². The smallest absolute Gasteiger partial charge is 0.147 e. The molecule has 114 valence electrons. The van der Waals surface area contributed by atoms with E-state index in [2.05, 4.69) is 17.5 Å². The summed E-state index contributed by atoms with van der Waals surface area (Å²) in [5.41, 5.74) is 3.13. The second-order valence-corrected chi connectivity index (χ2v) is 5.82. The van der Waals surface area contributed by atoms with E-state index in [1.54, 1.807) is 0 Å². The van der Waals surface area contributed by atoms with Crippen LogP contribution in [0, 0.1) is 5.92 Å². The highest BCUT2D eigenvalue weighted by Gasteiger charge is 2.36. The number of hydrazone groups is 1. The second kappa shape index (κ2) is 5.85. The van der Waals surface area contributed by atoms with E-state index in [-0.39, 0.29) is 5.56 Å². The number of rotatable bonds is 5. The molecule has 0 saturated heterocycles. The number of nitrogens with one attached hydrogen (secondary N) is 1. The minimum Gasteiger partial charge on any atom is -0.545 e. The minimum atomic E-state index is -1.27. The molecule has 1 fully saturated rings. The van der Waals surface area contributed by atoms with Crippen molar-refractivity contribution >= 4 is 29.5 Å². The van der Waals surface area contributed by atoms with Crippen LogP contribution in [0.5, 0.6) is 0 Å². The van der Waals surface area contributed by atoms with Crippen LogP contribution in [-0.2, 0) is 0 Å². The number of carboxylic acid groups (broad SMARTS) is 1. The molecule has 3 rings (SSSR count). The zero-order valence-electron chi connectivity index (χ0n) is 11.9. The molecule has 1 aromatic carbocycles. The highest BCUT2D eigenvalue weighted by atomic mass is 35.5. The van der Waals surface area contributed by atoms with Gasteiger partial charge in [-0.2, -0.15) is 5.10 Å². The third-order valence-corrected chi connectivity index (χ3v) is 4.03. The summed E-state index contributed by atoms with van der Waals surface area (Å²) in [6.07, 6.45) is 2.69. The summed E-state index contributed by atoms with van der Waals surface area (Å²) >= 11 is 5.98. The van der Waals surface area contributed by atoms with Gasteiger partial charge in [0.2, 0.25) is 0 Å². The molecule has 0 bridgehead atoms. The fourth-order valence-corrected chi connectivity index (χ4v) is 2.42. The van der Waals surface area contributed by atoms with Crippen molar-refractivity contribution < 1.29 is 14.3 Å². The molecule has 5 nitrogen and oxygen atoms in total. The SMILES string of the molecule is C[C@H]1C[C@@H]1c1ccc(/C=N\Nc2cc(C(=O)[O-])ccc2Cl)o1. The lowest BCUT2D eigenvalue weighted by Gasteiger charge is -2.07. The largest absolute Gasteiger partial charge is 0.545 e. The van der Waals surface area contributed by atoms with E-state index in [0.717, 1.165) is 12.2 Å². The number of carbonyl (C=O) groups is 1. The first-order valence-corrected chi connectivity index (χ1v) is 7.32. The van der Waals surface area contributed by atoms with E-state index in [0.29, 0.717) is 28.3 Å². The lowest BCUT2D eigenvalue weighted by molar-refractivity contribution is -0.255. The predicted molar refractivity (Wildman–Crippen MR) is 82.2 cm³/mol. The normalized spacial score (nSPS) is 20.3. The van der Waals surface area contributed by atoms with Gasteiger partial charge in [0, 0.05) is 5.92 Å². The lowest BCUT2D eigenvalue weighted by Crippen LogP contribution is -2.22. The average molecular weight is 318 g/mol. The molecule has 1 aromatic heterocycles. The van der Waals surface area contributed by atoms with Gasteiger partial charge in [-0.15, -0.1) is 0 Å². The number of nitrogens with zero attached hydrogens (tertiary/aromatic N) is 1. The molecule has 0 radical (unpaired) electrons. The first kappa shape index (κ1) is 14.7. The molecule has 1 aliphatic carbocycles. The van der Waals surface area contributed by atoms with Crippen molar-refractivity contribution in [1.82, 2.24) is 0 Å². The number of benzene rings is 1. The molecule has 0 unspecified atom stereocenters. The van der Waals surface area contributed by atoms with Gasteiger partial charge in [-0.1, -0.05) is 24.6 Å². The van der Waals surface area contributed by atoms with Crippen LogP contribution < -0.4 is 10.5 Å². The van der Waals surface area contributed by atoms with Crippen molar-refractivity contribution in [3.63, 3.8) is 0 Å². The van der Waals surface area contributed by atoms with E-state index >= 15 is 0 Å². The summed E-state index contributed by atoms with van der Waals surface area (Å²) in [7, 11) is 0. The molecule has 1 saturated carbocycles. The third kappa shape index (κ3) is 3.14. The monoisotopic (exact) mass is 317 g/mol. The van der Waals surface area contributed by atoms with Gasteiger partial charge < -0.3 is 14.3 Å². The number of hydrogen-bond donors (Lipinski definition) is 1. The number of halogens is 1. The number of carboxylic acids is 1. The zero-order chi connectivity index (χ0) is 15.7. The number of carbonyl (C=O) groups excluding carboxylic acids is 1. The van der Waals surface area contributed by atoms with Crippen molar-refractivity contribution in [3.8, 4) is 0 Å². The Morgan fingerprint density at radius 3 is 2.91 bits per heavy atom. The first-order chi connectivity index (χ1) is 10.5. The van der Waals surface area contributed by atoms with Gasteiger partial charge in [0.1, 0.15) is 11.5 Å². The molecule has 2 atom stereocenters. The summed E-state index contributed by atoms with van der Waals surface area (Å²) in [6, 6.07) is 8.03. The van der Waals surface area contributed by atoms with Gasteiger partial charge in [-0.05, 0) is 42.2 Å². The Bertz CT molecular complexity index is 739. The highest BCUT2D eigenvalue weighted by molar-refractivity contribution is 6.33. The maximum Gasteiger partial charge on any atom is 0.147 e. The van der Waals surface area contributed by atoms with Crippen LogP contribution >= 0.6 is 11.6 Å². The quantitative estimate of drug-likeness (QED) is 0.679. The van der Waals surface area contributed by atoms with Gasteiger partial charge in [0.25, 0.3) is 0 Å². The van der Waals surface area contributed by atoms with Crippen molar-refractivity contribution in [1.29, 1.82) is 0 Å². The van der Waals surface area contributed by atoms with Crippen LogP contribution in [0.2, 0.25) is 5.02 Å². The Kier molecular flexibility index (Phi) is 3.90. The topological polar surface area (TPSA) is 77.7 Å². The third-order valence-electron chi connectivity index (χ3n) is 3.70. The Balaban J connectivity index is 1.68. The first-order valence-electron chi connectivity index (χ1n) is 6.94. The molecule has 1 aliphatic rings. The van der Waals surface area contributed by atoms with Crippen LogP contribution in [0.15, 0.2) is 39.9 Å². The van der Waals surface area contributed by atoms with Crippen molar-refractivity contribution in [2.45, 2.75) is 19.3 Å². The van der Waals surface area contributed by atoms with E-state index in [1.807, 2.05) is 12.1 Å². The Hall–Kier alpha value is -2.27. The fourth-order valence-electron chi connectivity index (χ4n) is 2.26. The summed E-state index contributed by atoms with van der Waals surface area (Å²) in [6.45, 7) is 2.19. The predicted octanol–water partition coefficient (Wildman–Crippen LogP) is 2.87. The number of hydrogen-bond acceptors (Lipinski definition) is 5. The van der Waals surface area contributed by atoms with Crippen LogP contribution in [0.4, 0.5) is 5.69 Å². The molecule has 6 heteroatoms. The highest BCUT2D eigenvalue weighted by Crippen LogP contribution is 2.47. The summed E-state index contributed by atoms with van der Waals surface area (Å²) < 4.78 is 5.68. The summed E-state index contributed by atoms with van der Waals surface area (Å²) in [5, 5.41) is 15.2. The Morgan fingerprint density at radius 2 is 2.23 bits per heavy atom. The van der Waals surface area contributed by atoms with Gasteiger partial charge >= 0.3 is 0 Å². The lowest BCUT2D eigenvalue weighted by atomic mass is 10.2. The number of furan rings is 1. The van der Waals surface area contributed by atoms with Gasteiger partial charge in [-0.25, -0.2) is 0 Å². The second-order valence-electron chi connectivity index (χ2n) is 5.41. The Morgan fingerprint density at radius 1 is 1.45 bits per heavy atom. The van der Waals surface area contributed by atoms with Crippen LogP contribution in [0.1, 0.15) is 41.1 Å². The number of anilines is 1. The standard InChI is InChI=1S/C16H15ClN2O3/c1-9-6-12(9)15-5-3-11(22-15)8-18-19-14-7-10(16(20)21)2-4-13(14)17/h2-5,7-9,12,19H,6H2,1H3,(H,20,21)/p-1/b18-8-/t9-,12-/m0/s1. The van der Waals surface area contributed by atoms with Crippen molar-refractivity contribution in [2.24, 2.45) is 11.0 Å². The molecule has 22 heavy (non-hydrogen) atoms. The molecule has 1 heterocycles. The molecule has 2 aromatic rings. The molecular formula is C16H14ClN2O3-. The molecule has 0 aliphatic heterocycles. The number of aromatic carboxylic acids is 1. The maximum absolute atomic E-state index is 10.8. The van der Waals surface area contributed by atoms with Gasteiger partial charge in [-0.3, -0.25) is 5.43 Å². The van der Waals surface area contributed by atoms with E-state index < -0.39 is 5.97 Å². The van der Waals surface area contributed by atoms with Crippen LogP contribution in [0.3, 0.4) is 0 Å². The van der Waals surface area contributed by atoms with Gasteiger partial charge in [0.05, 0.1) is 22.9 Å². The molecular weight excluding hydrogens is 304 g/mol. The summed E-state index contributed by atoms with van der Waals surface area (Å²) in [4.78, 5) is 10.8. The average Bonchev–Trinajstić information content (AvgIpc) is 3.03. The van der Waals surface area contributed by atoms with Crippen LogP contribution in [0.25, 0.3) is 0 Å². The van der Waals surface area contributed by atoms with Crippen molar-refractivity contribution in [3.05, 3.63) is 52.4 Å².